The van der Waals surface area contributed by atoms with Gasteiger partial charge in [-0.15, -0.1) is 0 Å². The van der Waals surface area contributed by atoms with E-state index in [0.29, 0.717) is 5.92 Å². The summed E-state index contributed by atoms with van der Waals surface area (Å²) in [6, 6.07) is 14.7. The maximum absolute atomic E-state index is 5.04. The lowest BCUT2D eigenvalue weighted by Gasteiger charge is -2.16. The zero-order valence-electron chi connectivity index (χ0n) is 20.0. The molecular formula is C28H34N4. The van der Waals surface area contributed by atoms with Gasteiger partial charge in [0.05, 0.1) is 44.8 Å². The predicted octanol–water partition coefficient (Wildman–Crippen LogP) is 6.63. The van der Waals surface area contributed by atoms with Crippen molar-refractivity contribution in [3.8, 4) is 0 Å². The van der Waals surface area contributed by atoms with Gasteiger partial charge in [-0.05, 0) is 61.4 Å². The molecule has 0 N–H and O–H groups in total. The highest BCUT2D eigenvalue weighted by Gasteiger charge is 2.16. The normalized spacial score (nSPS) is 12.7. The Balaban J connectivity index is 1.66. The molecule has 32 heavy (non-hydrogen) atoms. The summed E-state index contributed by atoms with van der Waals surface area (Å²) in [5, 5.41) is 0. The smallest absolute Gasteiger partial charge is 0.0893 e. The van der Waals surface area contributed by atoms with Crippen LogP contribution in [0.25, 0.3) is 22.1 Å². The van der Waals surface area contributed by atoms with Crippen LogP contribution < -0.4 is 0 Å². The van der Waals surface area contributed by atoms with Gasteiger partial charge < -0.3 is 0 Å². The minimum Gasteiger partial charge on any atom is -0.249 e. The molecule has 0 aliphatic heterocycles. The molecule has 0 aliphatic rings. The van der Waals surface area contributed by atoms with Crippen LogP contribution in [0.1, 0.15) is 75.3 Å². The molecule has 0 saturated heterocycles. The molecule has 2 heterocycles. The molecule has 0 spiro atoms. The third-order valence-electron chi connectivity index (χ3n) is 5.99. The van der Waals surface area contributed by atoms with Crippen LogP contribution in [0.5, 0.6) is 0 Å². The number of aromatic nitrogens is 4. The Kier molecular flexibility index (Phi) is 6.78. The Morgan fingerprint density at radius 3 is 2.03 bits per heavy atom. The highest BCUT2D eigenvalue weighted by Crippen LogP contribution is 2.26. The average Bonchev–Trinajstić information content (AvgIpc) is 2.78. The molecule has 0 fully saturated rings. The highest BCUT2D eigenvalue weighted by atomic mass is 14.8. The van der Waals surface area contributed by atoms with E-state index < -0.39 is 0 Å². The predicted molar refractivity (Wildman–Crippen MR) is 133 cm³/mol. The number of para-hydroxylation sites is 2. The molecule has 4 nitrogen and oxygen atoms in total. The Labute approximate surface area is 191 Å². The van der Waals surface area contributed by atoms with Gasteiger partial charge in [-0.2, -0.15) is 0 Å². The number of fused-ring (bicyclic) bond motifs is 2. The van der Waals surface area contributed by atoms with Gasteiger partial charge in [-0.1, -0.05) is 59.2 Å². The SMILES string of the molecule is CCCc1nc2cc(CC(C)c3nc4ccccc4nc3CC)ccc2nc1CC(C)C. The zero-order valence-corrected chi connectivity index (χ0v) is 20.0. The molecule has 0 amide bonds. The van der Waals surface area contributed by atoms with Gasteiger partial charge in [-0.3, -0.25) is 0 Å². The number of hydrogen-bond donors (Lipinski definition) is 0. The van der Waals surface area contributed by atoms with Gasteiger partial charge in [0.25, 0.3) is 0 Å². The first-order chi connectivity index (χ1) is 15.5. The van der Waals surface area contributed by atoms with Crippen LogP contribution in [0.2, 0.25) is 0 Å². The number of nitrogens with zero attached hydrogens (tertiary/aromatic N) is 4. The third-order valence-corrected chi connectivity index (χ3v) is 5.99. The number of rotatable bonds is 8. The lowest BCUT2D eigenvalue weighted by atomic mass is 9.95. The second-order valence-corrected chi connectivity index (χ2v) is 9.29. The number of aryl methyl sites for hydroxylation is 2. The second-order valence-electron chi connectivity index (χ2n) is 9.29. The van der Waals surface area contributed by atoms with Gasteiger partial charge in [0.2, 0.25) is 0 Å². The highest BCUT2D eigenvalue weighted by molar-refractivity contribution is 5.76. The summed E-state index contributed by atoms with van der Waals surface area (Å²) in [7, 11) is 0. The Morgan fingerprint density at radius 2 is 1.34 bits per heavy atom. The van der Waals surface area contributed by atoms with E-state index in [2.05, 4.69) is 52.8 Å². The van der Waals surface area contributed by atoms with E-state index in [0.717, 1.165) is 76.9 Å². The van der Waals surface area contributed by atoms with E-state index in [-0.39, 0.29) is 5.92 Å². The second kappa shape index (κ2) is 9.72. The van der Waals surface area contributed by atoms with Crippen molar-refractivity contribution in [1.82, 2.24) is 19.9 Å². The molecule has 4 rings (SSSR count). The quantitative estimate of drug-likeness (QED) is 0.317. The van der Waals surface area contributed by atoms with E-state index in [4.69, 9.17) is 19.9 Å². The lowest BCUT2D eigenvalue weighted by Crippen LogP contribution is -2.09. The molecular weight excluding hydrogens is 392 g/mol. The Bertz CT molecular complexity index is 1230. The zero-order chi connectivity index (χ0) is 22.7. The molecule has 0 radical (unpaired) electrons. The van der Waals surface area contributed by atoms with Crippen molar-refractivity contribution in [2.24, 2.45) is 5.92 Å². The fourth-order valence-electron chi connectivity index (χ4n) is 4.44. The molecule has 0 bridgehead atoms. The van der Waals surface area contributed by atoms with Crippen molar-refractivity contribution in [3.63, 3.8) is 0 Å². The first kappa shape index (κ1) is 22.3. The van der Waals surface area contributed by atoms with Crippen molar-refractivity contribution in [2.75, 3.05) is 0 Å². The van der Waals surface area contributed by atoms with Crippen LogP contribution in [-0.2, 0) is 25.7 Å². The first-order valence-corrected chi connectivity index (χ1v) is 12.0. The monoisotopic (exact) mass is 426 g/mol. The van der Waals surface area contributed by atoms with Crippen LogP contribution in [0.15, 0.2) is 42.5 Å². The van der Waals surface area contributed by atoms with E-state index >= 15 is 0 Å². The summed E-state index contributed by atoms with van der Waals surface area (Å²) < 4.78 is 0. The fraction of sp³-hybridized carbons (Fsp3) is 0.429. The number of benzene rings is 2. The molecule has 166 valence electrons. The average molecular weight is 427 g/mol. The van der Waals surface area contributed by atoms with E-state index in [1.54, 1.807) is 0 Å². The Morgan fingerprint density at radius 1 is 0.688 bits per heavy atom. The summed E-state index contributed by atoms with van der Waals surface area (Å²) in [5.41, 5.74) is 9.75. The minimum atomic E-state index is 0.280. The molecule has 0 aliphatic carbocycles. The Hall–Kier alpha value is -2.88. The summed E-state index contributed by atoms with van der Waals surface area (Å²) in [6.07, 6.45) is 4.85. The summed E-state index contributed by atoms with van der Waals surface area (Å²) >= 11 is 0. The van der Waals surface area contributed by atoms with Crippen LogP contribution in [0.3, 0.4) is 0 Å². The largest absolute Gasteiger partial charge is 0.249 e. The fourth-order valence-corrected chi connectivity index (χ4v) is 4.44. The van der Waals surface area contributed by atoms with Crippen LogP contribution in [-0.4, -0.2) is 19.9 Å². The number of hydrogen-bond acceptors (Lipinski definition) is 4. The molecule has 2 aromatic carbocycles. The van der Waals surface area contributed by atoms with Gasteiger partial charge in [0.1, 0.15) is 0 Å². The molecule has 2 aromatic heterocycles. The molecule has 4 aromatic rings. The maximum atomic E-state index is 5.04. The third kappa shape index (κ3) is 4.79. The van der Waals surface area contributed by atoms with Gasteiger partial charge in [0, 0.05) is 5.92 Å². The van der Waals surface area contributed by atoms with E-state index in [9.17, 15) is 0 Å². The first-order valence-electron chi connectivity index (χ1n) is 12.0. The van der Waals surface area contributed by atoms with Gasteiger partial charge in [0.15, 0.2) is 0 Å². The molecule has 0 saturated carbocycles. The summed E-state index contributed by atoms with van der Waals surface area (Å²) in [5.74, 6) is 0.857. The van der Waals surface area contributed by atoms with E-state index in [1.807, 2.05) is 24.3 Å². The summed E-state index contributed by atoms with van der Waals surface area (Å²) in [4.78, 5) is 19.9. The van der Waals surface area contributed by atoms with Gasteiger partial charge in [-0.25, -0.2) is 19.9 Å². The van der Waals surface area contributed by atoms with Crippen molar-refractivity contribution >= 4 is 22.1 Å². The van der Waals surface area contributed by atoms with Crippen molar-refractivity contribution in [1.29, 1.82) is 0 Å². The van der Waals surface area contributed by atoms with Crippen molar-refractivity contribution in [2.45, 2.75) is 72.6 Å². The standard InChI is InChI=1S/C28H34N4/c1-6-10-22-26(15-18(3)4)31-25-14-13-20(17-27(25)30-22)16-19(5)28-21(7-2)29-23-11-8-9-12-24(23)32-28/h8-9,11-14,17-19H,6-7,10,15-16H2,1-5H3. The topological polar surface area (TPSA) is 51.6 Å². The van der Waals surface area contributed by atoms with E-state index in [1.165, 1.54) is 5.56 Å². The van der Waals surface area contributed by atoms with Crippen molar-refractivity contribution < 1.29 is 0 Å². The molecule has 1 atom stereocenters. The van der Waals surface area contributed by atoms with Crippen LogP contribution in [0.4, 0.5) is 0 Å². The van der Waals surface area contributed by atoms with Crippen LogP contribution in [0, 0.1) is 5.92 Å². The van der Waals surface area contributed by atoms with Gasteiger partial charge >= 0.3 is 0 Å². The lowest BCUT2D eigenvalue weighted by molar-refractivity contribution is 0.626. The molecule has 1 unspecified atom stereocenters. The van der Waals surface area contributed by atoms with Crippen LogP contribution >= 0.6 is 0 Å². The molecule has 4 heteroatoms. The van der Waals surface area contributed by atoms with Crippen molar-refractivity contribution in [3.05, 3.63) is 70.8 Å². The summed E-state index contributed by atoms with van der Waals surface area (Å²) in [6.45, 7) is 11.1. The minimum absolute atomic E-state index is 0.280. The maximum Gasteiger partial charge on any atom is 0.0893 e.